The first kappa shape index (κ1) is 13.0. The van der Waals surface area contributed by atoms with Crippen molar-refractivity contribution in [3.8, 4) is 11.5 Å². The van der Waals surface area contributed by atoms with Crippen LogP contribution >= 0.6 is 0 Å². The third kappa shape index (κ3) is 3.04. The second kappa shape index (κ2) is 5.44. The summed E-state index contributed by atoms with van der Waals surface area (Å²) in [7, 11) is 1.56. The fourth-order valence-corrected chi connectivity index (χ4v) is 1.75. The number of methoxy groups -OCH3 is 1. The number of carbonyl (C=O) groups excluding carboxylic acids is 1. The van der Waals surface area contributed by atoms with Gasteiger partial charge in [0, 0.05) is 16.9 Å². The van der Waals surface area contributed by atoms with E-state index in [2.05, 4.69) is 5.32 Å². The summed E-state index contributed by atoms with van der Waals surface area (Å²) in [6.45, 7) is 1.51. The Morgan fingerprint density at radius 1 is 1.16 bits per heavy atom. The molecule has 2 rings (SSSR count). The molecule has 0 radical (unpaired) electrons. The monoisotopic (exact) mass is 257 g/mol. The van der Waals surface area contributed by atoms with Gasteiger partial charge in [0.15, 0.2) is 5.78 Å². The Kier molecular flexibility index (Phi) is 3.71. The van der Waals surface area contributed by atoms with Crippen LogP contribution in [0.4, 0.5) is 11.4 Å². The standard InChI is InChI=1S/C15H15NO3/c1-10(17)14-9-13(19-2)7-8-15(14)16-11-3-5-12(18)6-4-11/h3-9,16,18H,1-2H3. The molecule has 0 aromatic heterocycles. The summed E-state index contributed by atoms with van der Waals surface area (Å²) < 4.78 is 5.11. The number of aromatic hydroxyl groups is 1. The molecule has 4 heteroatoms. The Morgan fingerprint density at radius 2 is 1.84 bits per heavy atom. The topological polar surface area (TPSA) is 58.6 Å². The van der Waals surface area contributed by atoms with Gasteiger partial charge in [0.25, 0.3) is 0 Å². The minimum absolute atomic E-state index is 0.0415. The predicted molar refractivity (Wildman–Crippen MR) is 74.4 cm³/mol. The highest BCUT2D eigenvalue weighted by Crippen LogP contribution is 2.26. The Morgan fingerprint density at radius 3 is 2.42 bits per heavy atom. The van der Waals surface area contributed by atoms with Crippen molar-refractivity contribution in [1.29, 1.82) is 0 Å². The van der Waals surface area contributed by atoms with E-state index in [0.29, 0.717) is 17.0 Å². The molecule has 0 saturated carbocycles. The number of Topliss-reactive ketones (excluding diaryl/α,β-unsaturated/α-hetero) is 1. The third-order valence-electron chi connectivity index (χ3n) is 2.75. The maximum atomic E-state index is 11.6. The third-order valence-corrected chi connectivity index (χ3v) is 2.75. The van der Waals surface area contributed by atoms with E-state index in [-0.39, 0.29) is 11.5 Å². The summed E-state index contributed by atoms with van der Waals surface area (Å²) in [4.78, 5) is 11.6. The van der Waals surface area contributed by atoms with Crippen LogP contribution in [0.1, 0.15) is 17.3 Å². The number of ether oxygens (including phenoxy) is 1. The van der Waals surface area contributed by atoms with Crippen molar-refractivity contribution >= 4 is 17.2 Å². The van der Waals surface area contributed by atoms with E-state index >= 15 is 0 Å². The molecule has 0 spiro atoms. The van der Waals surface area contributed by atoms with Gasteiger partial charge in [0.05, 0.1) is 7.11 Å². The van der Waals surface area contributed by atoms with Crippen LogP contribution in [0, 0.1) is 0 Å². The van der Waals surface area contributed by atoms with E-state index in [0.717, 1.165) is 5.69 Å². The van der Waals surface area contributed by atoms with Crippen molar-refractivity contribution in [2.45, 2.75) is 6.92 Å². The van der Waals surface area contributed by atoms with Crippen LogP contribution in [-0.2, 0) is 0 Å². The zero-order valence-corrected chi connectivity index (χ0v) is 10.8. The molecule has 2 aromatic carbocycles. The molecule has 98 valence electrons. The average Bonchev–Trinajstić information content (AvgIpc) is 2.41. The van der Waals surface area contributed by atoms with Crippen molar-refractivity contribution in [2.75, 3.05) is 12.4 Å². The van der Waals surface area contributed by atoms with Gasteiger partial charge >= 0.3 is 0 Å². The first-order chi connectivity index (χ1) is 9.10. The minimum Gasteiger partial charge on any atom is -0.508 e. The Bertz CT molecular complexity index is 591. The van der Waals surface area contributed by atoms with Gasteiger partial charge in [0.1, 0.15) is 11.5 Å². The van der Waals surface area contributed by atoms with Crippen LogP contribution in [0.3, 0.4) is 0 Å². The van der Waals surface area contributed by atoms with Gasteiger partial charge in [-0.25, -0.2) is 0 Å². The van der Waals surface area contributed by atoms with E-state index in [1.165, 1.54) is 6.92 Å². The van der Waals surface area contributed by atoms with Crippen LogP contribution < -0.4 is 10.1 Å². The first-order valence-corrected chi connectivity index (χ1v) is 5.85. The SMILES string of the molecule is COc1ccc(Nc2ccc(O)cc2)c(C(C)=O)c1. The highest BCUT2D eigenvalue weighted by atomic mass is 16.5. The maximum absolute atomic E-state index is 11.6. The fraction of sp³-hybridized carbons (Fsp3) is 0.133. The fourth-order valence-electron chi connectivity index (χ4n) is 1.75. The van der Waals surface area contributed by atoms with Crippen LogP contribution in [0.5, 0.6) is 11.5 Å². The van der Waals surface area contributed by atoms with Gasteiger partial charge in [-0.3, -0.25) is 4.79 Å². The quantitative estimate of drug-likeness (QED) is 0.651. The van der Waals surface area contributed by atoms with Crippen LogP contribution in [-0.4, -0.2) is 18.0 Å². The van der Waals surface area contributed by atoms with E-state index < -0.39 is 0 Å². The molecule has 0 saturated heterocycles. The molecule has 4 nitrogen and oxygen atoms in total. The summed E-state index contributed by atoms with van der Waals surface area (Å²) in [6.07, 6.45) is 0. The molecule has 0 unspecified atom stereocenters. The molecule has 0 atom stereocenters. The molecular formula is C15H15NO3. The van der Waals surface area contributed by atoms with E-state index in [1.54, 1.807) is 49.6 Å². The van der Waals surface area contributed by atoms with Crippen molar-refractivity contribution in [1.82, 2.24) is 0 Å². The Balaban J connectivity index is 2.33. The molecule has 0 aliphatic rings. The number of hydrogen-bond acceptors (Lipinski definition) is 4. The minimum atomic E-state index is -0.0415. The molecule has 0 bridgehead atoms. The number of ketones is 1. The van der Waals surface area contributed by atoms with Crippen molar-refractivity contribution < 1.29 is 14.6 Å². The molecular weight excluding hydrogens is 242 g/mol. The lowest BCUT2D eigenvalue weighted by Gasteiger charge is -2.12. The lowest BCUT2D eigenvalue weighted by Crippen LogP contribution is -2.01. The Labute approximate surface area is 111 Å². The number of phenols is 1. The van der Waals surface area contributed by atoms with Crippen molar-refractivity contribution in [2.24, 2.45) is 0 Å². The van der Waals surface area contributed by atoms with Crippen LogP contribution in [0.15, 0.2) is 42.5 Å². The summed E-state index contributed by atoms with van der Waals surface area (Å²) in [5.41, 5.74) is 2.07. The summed E-state index contributed by atoms with van der Waals surface area (Å²) in [5, 5.41) is 12.4. The van der Waals surface area contributed by atoms with Crippen LogP contribution in [0.25, 0.3) is 0 Å². The predicted octanol–water partition coefficient (Wildman–Crippen LogP) is 3.35. The molecule has 0 fully saturated rings. The largest absolute Gasteiger partial charge is 0.508 e. The summed E-state index contributed by atoms with van der Waals surface area (Å²) in [6, 6.07) is 11.9. The molecule has 0 aliphatic carbocycles. The van der Waals surface area contributed by atoms with Gasteiger partial charge in [-0.15, -0.1) is 0 Å². The normalized spacial score (nSPS) is 10.0. The summed E-state index contributed by atoms with van der Waals surface area (Å²) in [5.74, 6) is 0.800. The number of nitrogens with one attached hydrogen (secondary N) is 1. The lowest BCUT2D eigenvalue weighted by molar-refractivity contribution is 0.101. The molecule has 2 N–H and O–H groups in total. The van der Waals surface area contributed by atoms with Gasteiger partial charge in [-0.05, 0) is 49.4 Å². The zero-order valence-electron chi connectivity index (χ0n) is 10.8. The van der Waals surface area contributed by atoms with E-state index in [4.69, 9.17) is 4.74 Å². The van der Waals surface area contributed by atoms with Crippen molar-refractivity contribution in [3.05, 3.63) is 48.0 Å². The van der Waals surface area contributed by atoms with Crippen molar-refractivity contribution in [3.63, 3.8) is 0 Å². The number of benzene rings is 2. The first-order valence-electron chi connectivity index (χ1n) is 5.85. The number of carbonyl (C=O) groups is 1. The van der Waals surface area contributed by atoms with Gasteiger partial charge in [-0.1, -0.05) is 0 Å². The average molecular weight is 257 g/mol. The number of anilines is 2. The van der Waals surface area contributed by atoms with E-state index in [1.807, 2.05) is 0 Å². The van der Waals surface area contributed by atoms with Gasteiger partial charge in [0.2, 0.25) is 0 Å². The highest BCUT2D eigenvalue weighted by molar-refractivity contribution is 6.00. The smallest absolute Gasteiger partial charge is 0.162 e. The number of rotatable bonds is 4. The summed E-state index contributed by atoms with van der Waals surface area (Å²) >= 11 is 0. The number of phenolic OH excluding ortho intramolecular Hbond substituents is 1. The number of hydrogen-bond donors (Lipinski definition) is 2. The van der Waals surface area contributed by atoms with Gasteiger partial charge < -0.3 is 15.2 Å². The molecule has 0 aliphatic heterocycles. The highest BCUT2D eigenvalue weighted by Gasteiger charge is 2.09. The van der Waals surface area contributed by atoms with Crippen LogP contribution in [0.2, 0.25) is 0 Å². The molecule has 2 aromatic rings. The lowest BCUT2D eigenvalue weighted by atomic mass is 10.1. The van der Waals surface area contributed by atoms with E-state index in [9.17, 15) is 9.90 Å². The Hall–Kier alpha value is -2.49. The molecule has 19 heavy (non-hydrogen) atoms. The second-order valence-corrected chi connectivity index (χ2v) is 4.14. The second-order valence-electron chi connectivity index (χ2n) is 4.14. The zero-order chi connectivity index (χ0) is 13.8. The molecule has 0 amide bonds. The maximum Gasteiger partial charge on any atom is 0.162 e. The van der Waals surface area contributed by atoms with Gasteiger partial charge in [-0.2, -0.15) is 0 Å². The molecule has 0 heterocycles.